The van der Waals surface area contributed by atoms with E-state index in [0.717, 1.165) is 25.1 Å². The Morgan fingerprint density at radius 1 is 1.53 bits per heavy atom. The summed E-state index contributed by atoms with van der Waals surface area (Å²) in [6.45, 7) is 7.73. The van der Waals surface area contributed by atoms with E-state index in [9.17, 15) is 4.79 Å². The molecular weight excluding hydrogens is 214 g/mol. The highest BCUT2D eigenvalue weighted by Gasteiger charge is 2.19. The largest absolute Gasteiger partial charge is 0.478 e. The van der Waals surface area contributed by atoms with E-state index in [1.807, 2.05) is 12.1 Å². The van der Waals surface area contributed by atoms with Crippen LogP contribution in [0.2, 0.25) is 0 Å². The Balaban J connectivity index is 2.26. The molecule has 1 unspecified atom stereocenters. The molecule has 0 saturated heterocycles. The summed E-state index contributed by atoms with van der Waals surface area (Å²) in [5.41, 5.74) is 2.77. The third kappa shape index (κ3) is 2.39. The highest BCUT2D eigenvalue weighted by molar-refractivity contribution is 5.87. The van der Waals surface area contributed by atoms with Gasteiger partial charge in [0, 0.05) is 19.1 Å². The van der Waals surface area contributed by atoms with Crippen LogP contribution in [-0.4, -0.2) is 28.6 Å². The van der Waals surface area contributed by atoms with Crippen LogP contribution in [0.4, 0.5) is 0 Å². The molecule has 1 N–H and O–H groups in total. The van der Waals surface area contributed by atoms with Crippen molar-refractivity contribution in [1.29, 1.82) is 0 Å². The molecule has 1 aromatic carbocycles. The lowest BCUT2D eigenvalue weighted by Crippen LogP contribution is -2.36. The maximum Gasteiger partial charge on any atom is 0.335 e. The second-order valence-electron chi connectivity index (χ2n) is 4.49. The van der Waals surface area contributed by atoms with Crippen molar-refractivity contribution < 1.29 is 9.90 Å². The number of hydrogen-bond donors (Lipinski definition) is 1. The molecule has 3 nitrogen and oxygen atoms in total. The Morgan fingerprint density at radius 3 is 2.94 bits per heavy atom. The van der Waals surface area contributed by atoms with Gasteiger partial charge in [-0.05, 0) is 36.6 Å². The molecule has 0 fully saturated rings. The molecule has 1 aliphatic rings. The summed E-state index contributed by atoms with van der Waals surface area (Å²) >= 11 is 0. The molecule has 1 aliphatic heterocycles. The van der Waals surface area contributed by atoms with Crippen molar-refractivity contribution in [3.8, 4) is 0 Å². The van der Waals surface area contributed by atoms with Gasteiger partial charge in [-0.1, -0.05) is 12.1 Å². The minimum Gasteiger partial charge on any atom is -0.478 e. The van der Waals surface area contributed by atoms with Crippen molar-refractivity contribution in [3.05, 3.63) is 47.5 Å². The Labute approximate surface area is 101 Å². The van der Waals surface area contributed by atoms with Crippen LogP contribution in [0, 0.1) is 0 Å². The predicted octanol–water partition coefficient (Wildman–Crippen LogP) is 2.32. The Kier molecular flexibility index (Phi) is 3.29. The fraction of sp³-hybridized carbons (Fsp3) is 0.357. The first-order valence-electron chi connectivity index (χ1n) is 5.83. The lowest BCUT2D eigenvalue weighted by molar-refractivity contribution is 0.0696. The minimum absolute atomic E-state index is 0.330. The summed E-state index contributed by atoms with van der Waals surface area (Å²) in [7, 11) is 0. The van der Waals surface area contributed by atoms with Crippen LogP contribution in [0.1, 0.15) is 28.4 Å². The molecule has 90 valence electrons. The van der Waals surface area contributed by atoms with Gasteiger partial charge in [0.15, 0.2) is 0 Å². The highest BCUT2D eigenvalue weighted by atomic mass is 16.4. The number of aromatic carboxylic acids is 1. The molecule has 0 bridgehead atoms. The highest BCUT2D eigenvalue weighted by Crippen LogP contribution is 2.22. The molecule has 1 heterocycles. The van der Waals surface area contributed by atoms with Crippen molar-refractivity contribution in [1.82, 2.24) is 4.90 Å². The number of nitrogens with zero attached hydrogens (tertiary/aromatic N) is 1. The number of carboxylic acid groups (broad SMARTS) is 1. The van der Waals surface area contributed by atoms with Crippen molar-refractivity contribution in [2.24, 2.45) is 0 Å². The van der Waals surface area contributed by atoms with Crippen LogP contribution in [0.25, 0.3) is 0 Å². The van der Waals surface area contributed by atoms with Gasteiger partial charge in [-0.15, -0.1) is 6.58 Å². The Bertz CT molecular complexity index is 454. The number of carboxylic acids is 1. The summed E-state index contributed by atoms with van der Waals surface area (Å²) in [5.74, 6) is -0.860. The molecule has 1 atom stereocenters. The average molecular weight is 231 g/mol. The quantitative estimate of drug-likeness (QED) is 0.812. The molecule has 0 amide bonds. The summed E-state index contributed by atoms with van der Waals surface area (Å²) in [6, 6.07) is 5.75. The molecule has 0 aromatic heterocycles. The number of carbonyl (C=O) groups is 1. The molecular formula is C14H17NO2. The fourth-order valence-corrected chi connectivity index (χ4v) is 2.21. The minimum atomic E-state index is -0.860. The molecule has 0 saturated carbocycles. The lowest BCUT2D eigenvalue weighted by Gasteiger charge is -2.32. The van der Waals surface area contributed by atoms with Crippen molar-refractivity contribution in [2.75, 3.05) is 6.54 Å². The van der Waals surface area contributed by atoms with Gasteiger partial charge >= 0.3 is 5.97 Å². The molecule has 0 aliphatic carbocycles. The number of benzene rings is 1. The van der Waals surface area contributed by atoms with Crippen molar-refractivity contribution in [2.45, 2.75) is 25.9 Å². The summed E-state index contributed by atoms with van der Waals surface area (Å²) in [4.78, 5) is 13.2. The van der Waals surface area contributed by atoms with E-state index < -0.39 is 5.97 Å². The van der Waals surface area contributed by atoms with E-state index in [1.165, 1.54) is 5.56 Å². The molecule has 0 radical (unpaired) electrons. The number of hydrogen-bond acceptors (Lipinski definition) is 2. The van der Waals surface area contributed by atoms with Crippen LogP contribution in [-0.2, 0) is 13.0 Å². The van der Waals surface area contributed by atoms with E-state index in [-0.39, 0.29) is 0 Å². The summed E-state index contributed by atoms with van der Waals surface area (Å²) in [6.07, 6.45) is 2.90. The standard InChI is InChI=1S/C14H17NO2/c1-3-10(2)15-7-6-11-4-5-12(14(16)17)8-13(11)9-15/h3-5,8,10H,1,6-7,9H2,2H3,(H,16,17). The van der Waals surface area contributed by atoms with Crippen LogP contribution >= 0.6 is 0 Å². The maximum absolute atomic E-state index is 10.9. The third-order valence-corrected chi connectivity index (χ3v) is 3.41. The van der Waals surface area contributed by atoms with Gasteiger partial charge in [-0.2, -0.15) is 0 Å². The van der Waals surface area contributed by atoms with Crippen molar-refractivity contribution >= 4 is 5.97 Å². The van der Waals surface area contributed by atoms with Gasteiger partial charge in [0.05, 0.1) is 5.56 Å². The first-order chi connectivity index (χ1) is 8.11. The van der Waals surface area contributed by atoms with Gasteiger partial charge in [0.1, 0.15) is 0 Å². The molecule has 2 rings (SSSR count). The zero-order valence-corrected chi connectivity index (χ0v) is 10.0. The van der Waals surface area contributed by atoms with E-state index in [0.29, 0.717) is 11.6 Å². The van der Waals surface area contributed by atoms with Crippen LogP contribution in [0.3, 0.4) is 0 Å². The normalized spacial score (nSPS) is 17.2. The average Bonchev–Trinajstić information content (AvgIpc) is 2.36. The Morgan fingerprint density at radius 2 is 2.29 bits per heavy atom. The monoisotopic (exact) mass is 231 g/mol. The molecule has 0 spiro atoms. The fourth-order valence-electron chi connectivity index (χ4n) is 2.21. The zero-order valence-electron chi connectivity index (χ0n) is 10.0. The van der Waals surface area contributed by atoms with Gasteiger partial charge in [0.2, 0.25) is 0 Å². The van der Waals surface area contributed by atoms with Gasteiger partial charge in [-0.3, -0.25) is 4.90 Å². The van der Waals surface area contributed by atoms with Gasteiger partial charge < -0.3 is 5.11 Å². The van der Waals surface area contributed by atoms with Gasteiger partial charge in [0.25, 0.3) is 0 Å². The van der Waals surface area contributed by atoms with Crippen molar-refractivity contribution in [3.63, 3.8) is 0 Å². The summed E-state index contributed by atoms with van der Waals surface area (Å²) in [5, 5.41) is 8.98. The van der Waals surface area contributed by atoms with E-state index in [2.05, 4.69) is 18.4 Å². The first kappa shape index (κ1) is 11.9. The zero-order chi connectivity index (χ0) is 12.4. The van der Waals surface area contributed by atoms with E-state index >= 15 is 0 Å². The van der Waals surface area contributed by atoms with E-state index in [4.69, 9.17) is 5.11 Å². The second-order valence-corrected chi connectivity index (χ2v) is 4.49. The maximum atomic E-state index is 10.9. The topological polar surface area (TPSA) is 40.5 Å². The smallest absolute Gasteiger partial charge is 0.335 e. The second kappa shape index (κ2) is 4.72. The molecule has 3 heteroatoms. The number of fused-ring (bicyclic) bond motifs is 1. The van der Waals surface area contributed by atoms with Gasteiger partial charge in [-0.25, -0.2) is 4.79 Å². The SMILES string of the molecule is C=CC(C)N1CCc2ccc(C(=O)O)cc2C1. The lowest BCUT2D eigenvalue weighted by atomic mass is 9.96. The van der Waals surface area contributed by atoms with Crippen LogP contribution in [0.5, 0.6) is 0 Å². The van der Waals surface area contributed by atoms with Crippen LogP contribution < -0.4 is 0 Å². The van der Waals surface area contributed by atoms with E-state index in [1.54, 1.807) is 12.1 Å². The summed E-state index contributed by atoms with van der Waals surface area (Å²) < 4.78 is 0. The number of rotatable bonds is 3. The molecule has 1 aromatic rings. The Hall–Kier alpha value is -1.61. The third-order valence-electron chi connectivity index (χ3n) is 3.41. The predicted molar refractivity (Wildman–Crippen MR) is 67.2 cm³/mol. The molecule has 17 heavy (non-hydrogen) atoms. The van der Waals surface area contributed by atoms with Crippen LogP contribution in [0.15, 0.2) is 30.9 Å². The first-order valence-corrected chi connectivity index (χ1v) is 5.83.